The first-order chi connectivity index (χ1) is 31.4. The predicted molar refractivity (Wildman–Crippen MR) is 260 cm³/mol. The fourth-order valence-electron chi connectivity index (χ4n) is 8.81. The summed E-state index contributed by atoms with van der Waals surface area (Å²) in [7, 11) is -3.97. The Morgan fingerprint density at radius 1 is 0.742 bits per heavy atom. The average Bonchev–Trinajstić information content (AvgIpc) is 3.88. The van der Waals surface area contributed by atoms with Gasteiger partial charge in [0.05, 0.1) is 33.4 Å². The van der Waals surface area contributed by atoms with E-state index in [4.69, 9.17) is 9.88 Å². The molecule has 0 radical (unpaired) electrons. The Bertz CT molecular complexity index is 3030. The molecule has 3 aromatic carbocycles. The summed E-state index contributed by atoms with van der Waals surface area (Å²) >= 11 is 3.46. The van der Waals surface area contributed by atoms with E-state index in [1.54, 1.807) is 33.7 Å². The molecular formula is C48H53BrN12O4S. The topological polar surface area (TPSA) is 192 Å². The summed E-state index contributed by atoms with van der Waals surface area (Å²) in [4.78, 5) is 28.1. The van der Waals surface area contributed by atoms with Crippen LogP contribution in [0.15, 0.2) is 113 Å². The zero-order chi connectivity index (χ0) is 47.1. The van der Waals surface area contributed by atoms with Gasteiger partial charge in [0.1, 0.15) is 5.60 Å². The van der Waals surface area contributed by atoms with Gasteiger partial charge in [-0.1, -0.05) is 24.3 Å². The normalized spacial score (nSPS) is 19.1. The smallest absolute Gasteiger partial charge is 0.410 e. The van der Waals surface area contributed by atoms with Crippen molar-refractivity contribution < 1.29 is 17.9 Å². The van der Waals surface area contributed by atoms with Crippen LogP contribution >= 0.6 is 15.9 Å². The van der Waals surface area contributed by atoms with Gasteiger partial charge in [-0.3, -0.25) is 0 Å². The van der Waals surface area contributed by atoms with E-state index in [9.17, 15) is 18.5 Å². The second-order valence-electron chi connectivity index (χ2n) is 18.0. The van der Waals surface area contributed by atoms with Gasteiger partial charge in [-0.25, -0.2) is 37.4 Å². The zero-order valence-electron chi connectivity index (χ0n) is 37.9. The van der Waals surface area contributed by atoms with Gasteiger partial charge in [0.15, 0.2) is 11.3 Å². The van der Waals surface area contributed by atoms with Crippen molar-refractivity contribution in [3.63, 3.8) is 0 Å². The van der Waals surface area contributed by atoms with Crippen molar-refractivity contribution >= 4 is 54.7 Å². The summed E-state index contributed by atoms with van der Waals surface area (Å²) in [5.74, 6) is 0. The van der Waals surface area contributed by atoms with E-state index in [0.29, 0.717) is 41.9 Å². The van der Waals surface area contributed by atoms with Crippen molar-refractivity contribution in [2.45, 2.75) is 83.1 Å². The van der Waals surface area contributed by atoms with Crippen molar-refractivity contribution in [2.75, 3.05) is 36.0 Å². The molecule has 2 aliphatic rings. The third-order valence-electron chi connectivity index (χ3n) is 11.7. The number of piperazine rings is 2. The Labute approximate surface area is 393 Å². The van der Waals surface area contributed by atoms with Gasteiger partial charge in [-0.15, -0.1) is 0 Å². The van der Waals surface area contributed by atoms with Gasteiger partial charge in [0, 0.05) is 103 Å². The molecule has 7 aromatic rings. The van der Waals surface area contributed by atoms with Crippen molar-refractivity contribution in [3.8, 4) is 39.4 Å². The van der Waals surface area contributed by atoms with E-state index >= 15 is 0 Å². The lowest BCUT2D eigenvalue weighted by atomic mass is 10.0. The molecule has 2 fully saturated rings. The van der Waals surface area contributed by atoms with E-state index in [-0.39, 0.29) is 28.6 Å². The van der Waals surface area contributed by atoms with Gasteiger partial charge >= 0.3 is 6.09 Å². The van der Waals surface area contributed by atoms with Crippen molar-refractivity contribution in [2.24, 2.45) is 5.14 Å². The van der Waals surface area contributed by atoms with Crippen LogP contribution in [0.1, 0.15) is 54.0 Å². The highest BCUT2D eigenvalue weighted by atomic mass is 79.9. The third-order valence-corrected chi connectivity index (χ3v) is 13.2. The Morgan fingerprint density at radius 2 is 1.26 bits per heavy atom. The molecule has 3 N–H and O–H groups in total. The third kappa shape index (κ3) is 9.89. The summed E-state index contributed by atoms with van der Waals surface area (Å²) in [6, 6.07) is 24.4. The molecule has 16 nitrogen and oxygen atoms in total. The maximum Gasteiger partial charge on any atom is 0.410 e. The first-order valence-electron chi connectivity index (χ1n) is 21.7. The molecule has 4 atom stereocenters. The molecule has 66 heavy (non-hydrogen) atoms. The number of sulfonamides is 1. The molecular weight excluding hydrogens is 921 g/mol. The second kappa shape index (κ2) is 18.5. The number of amides is 1. The van der Waals surface area contributed by atoms with Gasteiger partial charge in [-0.05, 0) is 124 Å². The number of primary sulfonamides is 1. The van der Waals surface area contributed by atoms with Gasteiger partial charge in [-0.2, -0.15) is 15.5 Å². The first-order valence-corrected chi connectivity index (χ1v) is 24.1. The SMILES string of the molecule is C[C@@H]1CN(C(=O)OC(C)(C)C)C[C@H](C)N1c1ccc(-c2cnc3c(Br)cnn3c2)cc1.C[C@@H]1CNC[C@H](C)N1c1ccc(-c2cnc3c(-c4cc(C#N)cc(S(N)(=O)=O)c4)cnn3c2)cc1. The van der Waals surface area contributed by atoms with Crippen LogP contribution in [0.25, 0.3) is 44.7 Å². The highest BCUT2D eigenvalue weighted by Gasteiger charge is 2.34. The summed E-state index contributed by atoms with van der Waals surface area (Å²) in [6.45, 7) is 17.6. The van der Waals surface area contributed by atoms with E-state index in [1.807, 2.05) is 50.3 Å². The maximum absolute atomic E-state index is 12.5. The highest BCUT2D eigenvalue weighted by molar-refractivity contribution is 9.10. The van der Waals surface area contributed by atoms with Crippen LogP contribution in [0.2, 0.25) is 0 Å². The Kier molecular flexibility index (Phi) is 12.9. The van der Waals surface area contributed by atoms with E-state index in [1.165, 1.54) is 17.8 Å². The number of benzene rings is 3. The van der Waals surface area contributed by atoms with Crippen LogP contribution in [0.3, 0.4) is 0 Å². The number of carbonyl (C=O) groups is 1. The minimum absolute atomic E-state index is 0.129. The molecule has 4 aromatic heterocycles. The molecule has 9 rings (SSSR count). The number of ether oxygens (including phenoxy) is 1. The highest BCUT2D eigenvalue weighted by Crippen LogP contribution is 2.32. The number of aromatic nitrogens is 6. The van der Waals surface area contributed by atoms with Crippen LogP contribution in [0, 0.1) is 11.3 Å². The Hall–Kier alpha value is -6.39. The number of nitriles is 1. The number of nitrogens with one attached hydrogen (secondary N) is 1. The molecule has 0 aliphatic carbocycles. The van der Waals surface area contributed by atoms with Crippen LogP contribution in [-0.2, 0) is 14.8 Å². The number of carbonyl (C=O) groups excluding carboxylic acids is 1. The monoisotopic (exact) mass is 972 g/mol. The standard InChI is InChI=1S/C25H25N7O2S.C23H28BrN5O2/c1-16-11-28-12-17(2)32(16)22-5-3-19(4-6-22)21-13-29-25-24(14-30-31(25)15-21)20-7-18(10-26)8-23(9-20)35(27,33)34;1-15-12-27(22(30)31-23(3,4)5)13-16(2)29(15)19-8-6-17(7-9-19)18-10-25-21-20(24)11-26-28(21)14-18/h3-9,13-17,28H,11-12H2,1-2H3,(H2,27,33,34);6-11,14-16H,12-13H2,1-5H3/t16-,17+;15-,16+. The first kappa shape index (κ1) is 46.2. The average molecular weight is 974 g/mol. The lowest BCUT2D eigenvalue weighted by molar-refractivity contribution is 0.0193. The van der Waals surface area contributed by atoms with Gasteiger partial charge in [0.25, 0.3) is 0 Å². The number of halogens is 1. The molecule has 6 heterocycles. The predicted octanol–water partition coefficient (Wildman–Crippen LogP) is 7.76. The molecule has 0 saturated carbocycles. The van der Waals surface area contributed by atoms with Crippen molar-refractivity contribution in [1.82, 2.24) is 39.4 Å². The molecule has 2 aliphatic heterocycles. The van der Waals surface area contributed by atoms with E-state index in [0.717, 1.165) is 51.2 Å². The summed E-state index contributed by atoms with van der Waals surface area (Å²) < 4.78 is 33.6. The van der Waals surface area contributed by atoms with Gasteiger partial charge < -0.3 is 24.8 Å². The van der Waals surface area contributed by atoms with E-state index in [2.05, 4.69) is 127 Å². The number of rotatable bonds is 6. The van der Waals surface area contributed by atoms with Crippen LogP contribution < -0.4 is 20.3 Å². The maximum atomic E-state index is 12.5. The molecule has 0 spiro atoms. The molecule has 2 saturated heterocycles. The Morgan fingerprint density at radius 3 is 1.79 bits per heavy atom. The van der Waals surface area contributed by atoms with Crippen molar-refractivity contribution in [3.05, 3.63) is 114 Å². The lowest BCUT2D eigenvalue weighted by Gasteiger charge is -2.45. The number of fused-ring (bicyclic) bond motifs is 2. The van der Waals surface area contributed by atoms with Gasteiger partial charge in [0.2, 0.25) is 10.0 Å². The van der Waals surface area contributed by atoms with Crippen molar-refractivity contribution in [1.29, 1.82) is 5.26 Å². The summed E-state index contributed by atoms with van der Waals surface area (Å²) in [5, 5.41) is 26.8. The molecule has 1 amide bonds. The number of anilines is 2. The number of nitrogens with zero attached hydrogens (tertiary/aromatic N) is 10. The van der Waals surface area contributed by atoms with Crippen LogP contribution in [0.4, 0.5) is 16.2 Å². The minimum Gasteiger partial charge on any atom is -0.444 e. The summed E-state index contributed by atoms with van der Waals surface area (Å²) in [6.07, 6.45) is 10.6. The number of hydrogen-bond acceptors (Lipinski definition) is 12. The second-order valence-corrected chi connectivity index (χ2v) is 20.4. The number of nitrogens with two attached hydrogens (primary N) is 1. The molecule has 0 bridgehead atoms. The van der Waals surface area contributed by atoms with Crippen LogP contribution in [-0.4, -0.2) is 105 Å². The lowest BCUT2D eigenvalue weighted by Crippen LogP contribution is -2.58. The summed E-state index contributed by atoms with van der Waals surface area (Å²) in [5.41, 5.74) is 8.49. The quantitative estimate of drug-likeness (QED) is 0.165. The van der Waals surface area contributed by atoms with Crippen LogP contribution in [0.5, 0.6) is 0 Å². The number of hydrogen-bond donors (Lipinski definition) is 2. The fourth-order valence-corrected chi connectivity index (χ4v) is 9.76. The largest absolute Gasteiger partial charge is 0.444 e. The van der Waals surface area contributed by atoms with E-state index < -0.39 is 15.6 Å². The zero-order valence-corrected chi connectivity index (χ0v) is 40.3. The fraction of sp³-hybridized carbons (Fsp3) is 0.333. The molecule has 342 valence electrons. The molecule has 0 unspecified atom stereocenters. The Balaban J connectivity index is 0.000000181. The minimum atomic E-state index is -3.97. The molecule has 18 heteroatoms.